The standard InChI is InChI=1S/C21H22N4O3S/c22-21(26)17-9-14(13-1-2-19-15(7-13)10-24-25-19)8-16-18(11-23-20(16)17)12-3-5-29(27,28)6-4-12/h1-2,7-12,23,27-28H,3-6H2,(H2,22,26)(H,24,25). The minimum atomic E-state index is -2.44. The van der Waals surface area contributed by atoms with Crippen molar-refractivity contribution in [1.82, 2.24) is 15.2 Å². The third kappa shape index (κ3) is 3.19. The summed E-state index contributed by atoms with van der Waals surface area (Å²) in [6.07, 6.45) is 5.13. The summed E-state index contributed by atoms with van der Waals surface area (Å²) in [6.45, 7) is 0. The number of nitrogens with zero attached hydrogens (tertiary/aromatic N) is 1. The second-order valence-corrected chi connectivity index (χ2v) is 10.1. The number of primary amides is 1. The summed E-state index contributed by atoms with van der Waals surface area (Å²) in [7, 11) is -2.44. The van der Waals surface area contributed by atoms with Crippen molar-refractivity contribution in [2.45, 2.75) is 18.8 Å². The lowest BCUT2D eigenvalue weighted by Gasteiger charge is -2.39. The van der Waals surface area contributed by atoms with Gasteiger partial charge in [0.25, 0.3) is 5.91 Å². The first-order valence-corrected chi connectivity index (χ1v) is 11.4. The molecule has 0 spiro atoms. The molecule has 0 saturated carbocycles. The smallest absolute Gasteiger partial charge is 0.250 e. The molecule has 0 radical (unpaired) electrons. The van der Waals surface area contributed by atoms with Crippen LogP contribution in [-0.4, -0.2) is 41.7 Å². The second kappa shape index (κ2) is 6.62. The Morgan fingerprint density at radius 2 is 1.93 bits per heavy atom. The van der Waals surface area contributed by atoms with Crippen molar-refractivity contribution in [3.63, 3.8) is 0 Å². The lowest BCUT2D eigenvalue weighted by Crippen LogP contribution is -2.19. The first kappa shape index (κ1) is 18.2. The number of benzene rings is 2. The quantitative estimate of drug-likeness (QED) is 0.342. The van der Waals surface area contributed by atoms with Crippen LogP contribution < -0.4 is 5.73 Å². The molecule has 1 aliphatic heterocycles. The Hall–Kier alpha value is -2.81. The molecule has 1 saturated heterocycles. The summed E-state index contributed by atoms with van der Waals surface area (Å²) in [6, 6.07) is 9.91. The van der Waals surface area contributed by atoms with Crippen molar-refractivity contribution in [3.8, 4) is 11.1 Å². The van der Waals surface area contributed by atoms with Crippen LogP contribution in [0.25, 0.3) is 32.9 Å². The highest BCUT2D eigenvalue weighted by Crippen LogP contribution is 2.49. The minimum Gasteiger partial charge on any atom is -0.366 e. The van der Waals surface area contributed by atoms with E-state index in [9.17, 15) is 13.9 Å². The molecule has 1 amide bonds. The molecule has 29 heavy (non-hydrogen) atoms. The number of nitrogens with one attached hydrogen (secondary N) is 2. The van der Waals surface area contributed by atoms with E-state index in [0.717, 1.165) is 38.5 Å². The molecule has 150 valence electrons. The number of nitrogens with two attached hydrogens (primary N) is 1. The molecule has 4 aromatic rings. The van der Waals surface area contributed by atoms with E-state index in [1.165, 1.54) is 0 Å². The van der Waals surface area contributed by atoms with E-state index in [4.69, 9.17) is 5.73 Å². The molecular formula is C21H22N4O3S. The molecule has 8 heteroatoms. The first-order chi connectivity index (χ1) is 13.9. The van der Waals surface area contributed by atoms with Crippen LogP contribution in [0, 0.1) is 0 Å². The number of H-pyrrole nitrogens is 2. The van der Waals surface area contributed by atoms with E-state index < -0.39 is 16.5 Å². The molecule has 0 unspecified atom stereocenters. The van der Waals surface area contributed by atoms with E-state index in [-0.39, 0.29) is 5.92 Å². The van der Waals surface area contributed by atoms with Crippen LogP contribution in [0.2, 0.25) is 0 Å². The number of carbonyl (C=O) groups is 1. The highest BCUT2D eigenvalue weighted by Gasteiger charge is 2.27. The van der Waals surface area contributed by atoms with E-state index >= 15 is 0 Å². The monoisotopic (exact) mass is 410 g/mol. The molecular weight excluding hydrogens is 388 g/mol. The van der Waals surface area contributed by atoms with Gasteiger partial charge in [0.1, 0.15) is 0 Å². The van der Waals surface area contributed by atoms with Gasteiger partial charge in [-0.15, -0.1) is 0 Å². The number of hydrogen-bond donors (Lipinski definition) is 5. The van der Waals surface area contributed by atoms with Crippen LogP contribution in [-0.2, 0) is 0 Å². The summed E-state index contributed by atoms with van der Waals surface area (Å²) < 4.78 is 19.9. The van der Waals surface area contributed by atoms with Crippen LogP contribution in [0.3, 0.4) is 0 Å². The third-order valence-electron chi connectivity index (χ3n) is 5.89. The minimum absolute atomic E-state index is 0.219. The van der Waals surface area contributed by atoms with Crippen molar-refractivity contribution >= 4 is 38.3 Å². The maximum absolute atomic E-state index is 12.2. The zero-order valence-electron chi connectivity index (χ0n) is 15.7. The highest BCUT2D eigenvalue weighted by atomic mass is 32.3. The SMILES string of the molecule is NC(=O)c1cc(-c2ccc3[nH]ncc3c2)cc2c(C3CCS(O)(O)CC3)c[nH]c12. The number of aromatic amines is 2. The molecule has 1 fully saturated rings. The number of aromatic nitrogens is 3. The van der Waals surface area contributed by atoms with Crippen molar-refractivity contribution in [3.05, 3.63) is 53.9 Å². The van der Waals surface area contributed by atoms with Gasteiger partial charge in [-0.1, -0.05) is 6.07 Å². The van der Waals surface area contributed by atoms with E-state index in [1.54, 1.807) is 6.20 Å². The molecule has 5 rings (SSSR count). The molecule has 0 atom stereocenters. The van der Waals surface area contributed by atoms with Gasteiger partial charge >= 0.3 is 0 Å². The molecule has 3 heterocycles. The second-order valence-electron chi connectivity index (χ2n) is 7.71. The molecule has 2 aromatic heterocycles. The maximum atomic E-state index is 12.2. The summed E-state index contributed by atoms with van der Waals surface area (Å²) >= 11 is 0. The summed E-state index contributed by atoms with van der Waals surface area (Å²) in [5.41, 5.74) is 10.8. The predicted molar refractivity (Wildman–Crippen MR) is 116 cm³/mol. The third-order valence-corrected chi connectivity index (χ3v) is 7.67. The Kier molecular flexibility index (Phi) is 4.16. The molecule has 7 nitrogen and oxygen atoms in total. The number of hydrogen-bond acceptors (Lipinski definition) is 4. The Morgan fingerprint density at radius 1 is 1.14 bits per heavy atom. The average Bonchev–Trinajstić information content (AvgIpc) is 3.33. The summed E-state index contributed by atoms with van der Waals surface area (Å²) in [4.78, 5) is 15.4. The van der Waals surface area contributed by atoms with Crippen molar-refractivity contribution in [2.24, 2.45) is 5.73 Å². The van der Waals surface area contributed by atoms with Crippen molar-refractivity contribution in [2.75, 3.05) is 11.5 Å². The Labute approximate surface area is 168 Å². The zero-order valence-corrected chi connectivity index (χ0v) is 16.5. The highest BCUT2D eigenvalue weighted by molar-refractivity contribution is 8.24. The van der Waals surface area contributed by atoms with Gasteiger partial charge in [0, 0.05) is 28.5 Å². The number of carbonyl (C=O) groups excluding carboxylic acids is 1. The number of rotatable bonds is 3. The van der Waals surface area contributed by atoms with Crippen LogP contribution >= 0.6 is 10.6 Å². The Morgan fingerprint density at radius 3 is 2.69 bits per heavy atom. The first-order valence-electron chi connectivity index (χ1n) is 9.53. The van der Waals surface area contributed by atoms with Crippen LogP contribution in [0.1, 0.15) is 34.7 Å². The largest absolute Gasteiger partial charge is 0.366 e. The van der Waals surface area contributed by atoms with Crippen molar-refractivity contribution in [1.29, 1.82) is 0 Å². The molecule has 2 aromatic carbocycles. The molecule has 0 bridgehead atoms. The average molecular weight is 410 g/mol. The van der Waals surface area contributed by atoms with Crippen LogP contribution in [0.15, 0.2) is 42.7 Å². The summed E-state index contributed by atoms with van der Waals surface area (Å²) in [5, 5.41) is 8.97. The molecule has 1 aliphatic rings. The molecule has 6 N–H and O–H groups in total. The van der Waals surface area contributed by atoms with Crippen LogP contribution in [0.4, 0.5) is 0 Å². The van der Waals surface area contributed by atoms with Gasteiger partial charge in [0.15, 0.2) is 0 Å². The normalized spacial score (nSPS) is 18.3. The predicted octanol–water partition coefficient (Wildman–Crippen LogP) is 4.44. The Bertz CT molecular complexity index is 1230. The van der Waals surface area contributed by atoms with Crippen molar-refractivity contribution < 1.29 is 13.9 Å². The topological polar surface area (TPSA) is 128 Å². The maximum Gasteiger partial charge on any atom is 0.250 e. The zero-order chi connectivity index (χ0) is 20.2. The van der Waals surface area contributed by atoms with E-state index in [0.29, 0.717) is 29.9 Å². The van der Waals surface area contributed by atoms with Gasteiger partial charge in [0.2, 0.25) is 0 Å². The summed E-state index contributed by atoms with van der Waals surface area (Å²) in [5.74, 6) is 0.580. The van der Waals surface area contributed by atoms with E-state index in [1.807, 2.05) is 30.5 Å². The Balaban J connectivity index is 1.64. The fourth-order valence-corrected chi connectivity index (χ4v) is 5.82. The molecule has 0 aliphatic carbocycles. The van der Waals surface area contributed by atoms with Gasteiger partial charge in [-0.3, -0.25) is 19.0 Å². The van der Waals surface area contributed by atoms with Gasteiger partial charge in [-0.25, -0.2) is 0 Å². The van der Waals surface area contributed by atoms with Crippen LogP contribution in [0.5, 0.6) is 0 Å². The van der Waals surface area contributed by atoms with Gasteiger partial charge in [0.05, 0.1) is 22.8 Å². The fourth-order valence-electron chi connectivity index (χ4n) is 4.29. The fraction of sp³-hybridized carbons (Fsp3) is 0.238. The number of amides is 1. The number of fused-ring (bicyclic) bond motifs is 2. The van der Waals surface area contributed by atoms with Gasteiger partial charge in [-0.05, 0) is 59.7 Å². The van der Waals surface area contributed by atoms with Gasteiger partial charge in [-0.2, -0.15) is 15.7 Å². The van der Waals surface area contributed by atoms with E-state index in [2.05, 4.69) is 21.2 Å². The van der Waals surface area contributed by atoms with Gasteiger partial charge < -0.3 is 10.7 Å². The lowest BCUT2D eigenvalue weighted by atomic mass is 9.90. The lowest BCUT2D eigenvalue weighted by molar-refractivity contribution is 0.100.